The lowest BCUT2D eigenvalue weighted by atomic mass is 10.2. The van der Waals surface area contributed by atoms with Crippen LogP contribution >= 0.6 is 11.6 Å². The highest BCUT2D eigenvalue weighted by atomic mass is 35.5. The van der Waals surface area contributed by atoms with Crippen molar-refractivity contribution in [2.45, 2.75) is 19.3 Å². The number of benzene rings is 2. The van der Waals surface area contributed by atoms with Crippen LogP contribution in [0.4, 0.5) is 13.2 Å². The minimum absolute atomic E-state index is 0.177. The lowest BCUT2D eigenvalue weighted by molar-refractivity contribution is -0.107. The van der Waals surface area contributed by atoms with E-state index in [1.807, 2.05) is 24.3 Å². The predicted octanol–water partition coefficient (Wildman–Crippen LogP) is 5.42. The van der Waals surface area contributed by atoms with Crippen molar-refractivity contribution in [3.8, 4) is 11.5 Å². The second-order valence-electron chi connectivity index (χ2n) is 6.67. The van der Waals surface area contributed by atoms with Gasteiger partial charge >= 0.3 is 6.18 Å². The fourth-order valence-corrected chi connectivity index (χ4v) is 4.06. The van der Waals surface area contributed by atoms with E-state index >= 15 is 0 Å². The summed E-state index contributed by atoms with van der Waals surface area (Å²) < 4.78 is 67.9. The van der Waals surface area contributed by atoms with Gasteiger partial charge in [-0.25, -0.2) is 8.42 Å². The van der Waals surface area contributed by atoms with Crippen LogP contribution in [0.3, 0.4) is 0 Å². The van der Waals surface area contributed by atoms with Crippen molar-refractivity contribution in [1.82, 2.24) is 9.29 Å². The van der Waals surface area contributed by atoms with Gasteiger partial charge in [0.1, 0.15) is 0 Å². The molecule has 3 aromatic rings. The fraction of sp³-hybridized carbons (Fsp3) is 0.190. The number of ether oxygens (including phenoxy) is 1. The minimum atomic E-state index is -4.81. The molecule has 5 nitrogen and oxygen atoms in total. The van der Waals surface area contributed by atoms with Crippen molar-refractivity contribution in [2.24, 2.45) is 0 Å². The lowest BCUT2D eigenvalue weighted by Crippen LogP contribution is -2.37. The van der Waals surface area contributed by atoms with Crippen LogP contribution in [0.2, 0.25) is 5.02 Å². The van der Waals surface area contributed by atoms with Gasteiger partial charge in [-0.05, 0) is 47.5 Å². The smallest absolute Gasteiger partial charge is 0.404 e. The van der Waals surface area contributed by atoms with Gasteiger partial charge in [0.25, 0.3) is 0 Å². The number of pyridine rings is 1. The molecular weight excluding hydrogens is 453 g/mol. The van der Waals surface area contributed by atoms with E-state index in [2.05, 4.69) is 4.98 Å². The molecule has 2 heterocycles. The maximum Gasteiger partial charge on any atom is 0.404 e. The zero-order chi connectivity index (χ0) is 22.5. The van der Waals surface area contributed by atoms with Crippen LogP contribution in [0, 0.1) is 0 Å². The summed E-state index contributed by atoms with van der Waals surface area (Å²) in [7, 11) is -4.53. The molecular formula is C21H18ClF3N2O3S. The molecule has 10 heteroatoms. The Bertz CT molecular complexity index is 1090. The highest BCUT2D eigenvalue weighted by molar-refractivity contribution is 7.89. The average Bonchev–Trinajstić information content (AvgIpc) is 3.48. The molecule has 4 rings (SSSR count). The molecule has 0 radical (unpaired) electrons. The van der Waals surface area contributed by atoms with Gasteiger partial charge in [0.2, 0.25) is 10.0 Å². The highest BCUT2D eigenvalue weighted by Crippen LogP contribution is 2.43. The number of fused-ring (bicyclic) bond motifs is 1. The lowest BCUT2D eigenvalue weighted by Gasteiger charge is -2.23. The molecule has 0 amide bonds. The summed E-state index contributed by atoms with van der Waals surface area (Å²) in [5.74, 6) is 0.156. The Morgan fingerprint density at radius 1 is 0.871 bits per heavy atom. The van der Waals surface area contributed by atoms with Crippen LogP contribution in [0.5, 0.6) is 11.5 Å². The molecule has 0 spiro atoms. The van der Waals surface area contributed by atoms with Crippen LogP contribution in [0.25, 0.3) is 0 Å². The van der Waals surface area contributed by atoms with E-state index in [-0.39, 0.29) is 13.1 Å². The Hall–Kier alpha value is -2.62. The van der Waals surface area contributed by atoms with Gasteiger partial charge in [-0.1, -0.05) is 35.9 Å². The largest absolute Gasteiger partial charge is 0.450 e. The second kappa shape index (κ2) is 9.67. The number of rotatable bonds is 6. The van der Waals surface area contributed by atoms with Crippen molar-refractivity contribution in [2.75, 3.05) is 5.75 Å². The normalized spacial score (nSPS) is 12.4. The Balaban J connectivity index is 0.000000322. The molecule has 0 aliphatic carbocycles. The first-order chi connectivity index (χ1) is 14.6. The average molecular weight is 471 g/mol. The first kappa shape index (κ1) is 23.1. The molecule has 31 heavy (non-hydrogen) atoms. The van der Waals surface area contributed by atoms with Crippen molar-refractivity contribution < 1.29 is 26.3 Å². The number of hydrogen-bond donors (Lipinski definition) is 0. The Morgan fingerprint density at radius 3 is 1.87 bits per heavy atom. The number of halogens is 4. The summed E-state index contributed by atoms with van der Waals surface area (Å²) in [5.41, 5.74) is 1.09. The van der Waals surface area contributed by atoms with Gasteiger partial charge in [-0.15, -0.1) is 0 Å². The second-order valence-corrected chi connectivity index (χ2v) is 9.08. The molecule has 164 valence electrons. The van der Waals surface area contributed by atoms with Crippen LogP contribution in [0.15, 0.2) is 73.1 Å². The topological polar surface area (TPSA) is 62.8 Å². The van der Waals surface area contributed by atoms with Crippen LogP contribution < -0.4 is 4.74 Å². The van der Waals surface area contributed by atoms with E-state index in [0.717, 1.165) is 15.8 Å². The Morgan fingerprint density at radius 2 is 1.39 bits per heavy atom. The van der Waals surface area contributed by atoms with E-state index in [4.69, 9.17) is 16.3 Å². The van der Waals surface area contributed by atoms with E-state index in [9.17, 15) is 21.6 Å². The molecule has 0 atom stereocenters. The Kier molecular flexibility index (Phi) is 7.19. The monoisotopic (exact) mass is 470 g/mol. The van der Waals surface area contributed by atoms with Crippen molar-refractivity contribution in [3.05, 3.63) is 89.2 Å². The third-order valence-corrected chi connectivity index (χ3v) is 6.14. The molecule has 2 aromatic carbocycles. The number of hydrogen-bond acceptors (Lipinski definition) is 4. The van der Waals surface area contributed by atoms with E-state index < -0.39 is 22.0 Å². The molecule has 1 aromatic heterocycles. The maximum absolute atomic E-state index is 12.6. The third kappa shape index (κ3) is 7.54. The zero-order valence-electron chi connectivity index (χ0n) is 16.1. The quantitative estimate of drug-likeness (QED) is 0.353. The zero-order valence-corrected chi connectivity index (χ0v) is 17.7. The summed E-state index contributed by atoms with van der Waals surface area (Å²) in [6.07, 6.45) is -1.91. The molecule has 1 aliphatic rings. The highest BCUT2D eigenvalue weighted by Gasteiger charge is 2.38. The number of nitrogens with zero attached hydrogens (tertiary/aromatic N) is 2. The first-order valence-corrected chi connectivity index (χ1v) is 11.1. The van der Waals surface area contributed by atoms with Gasteiger partial charge in [0, 0.05) is 30.5 Å². The SMILES string of the molecule is O=S(=O)(CC(F)(F)F)N(Cc1ccncc1)Cc1ccc(Cl)cc1.c1ccc2c(c1)O2. The number of alkyl halides is 3. The van der Waals surface area contributed by atoms with E-state index in [1.165, 1.54) is 12.4 Å². The fourth-order valence-electron chi connectivity index (χ4n) is 2.65. The summed E-state index contributed by atoms with van der Waals surface area (Å²) in [5, 5.41) is 0.456. The van der Waals surface area contributed by atoms with Gasteiger partial charge in [0.15, 0.2) is 17.3 Å². The number of aromatic nitrogens is 1. The van der Waals surface area contributed by atoms with Crippen molar-refractivity contribution in [1.29, 1.82) is 0 Å². The van der Waals surface area contributed by atoms with Crippen molar-refractivity contribution in [3.63, 3.8) is 0 Å². The molecule has 0 bridgehead atoms. The summed E-state index contributed by atoms with van der Waals surface area (Å²) >= 11 is 5.77. The van der Waals surface area contributed by atoms with Gasteiger partial charge < -0.3 is 4.74 Å². The van der Waals surface area contributed by atoms with Crippen LogP contribution in [0.1, 0.15) is 11.1 Å². The number of sulfonamides is 1. The first-order valence-electron chi connectivity index (χ1n) is 9.07. The Labute approximate surface area is 183 Å². The van der Waals surface area contributed by atoms with Crippen molar-refractivity contribution >= 4 is 21.6 Å². The molecule has 0 saturated carbocycles. The minimum Gasteiger partial charge on any atom is -0.450 e. The molecule has 0 unspecified atom stereocenters. The molecule has 0 N–H and O–H groups in total. The number of para-hydroxylation sites is 2. The maximum atomic E-state index is 12.6. The molecule has 0 fully saturated rings. The van der Waals surface area contributed by atoms with Crippen LogP contribution in [-0.4, -0.2) is 29.6 Å². The van der Waals surface area contributed by atoms with E-state index in [0.29, 0.717) is 16.1 Å². The summed E-state index contributed by atoms with van der Waals surface area (Å²) in [6.45, 7) is -0.360. The summed E-state index contributed by atoms with van der Waals surface area (Å²) in [6, 6.07) is 17.2. The van der Waals surface area contributed by atoms with Gasteiger partial charge in [-0.2, -0.15) is 17.5 Å². The predicted molar refractivity (Wildman–Crippen MR) is 111 cm³/mol. The van der Waals surface area contributed by atoms with Crippen LogP contribution in [-0.2, 0) is 23.1 Å². The van der Waals surface area contributed by atoms with E-state index in [1.54, 1.807) is 36.4 Å². The molecule has 1 aliphatic heterocycles. The third-order valence-electron chi connectivity index (χ3n) is 4.15. The van der Waals surface area contributed by atoms with Gasteiger partial charge in [-0.3, -0.25) is 4.98 Å². The van der Waals surface area contributed by atoms with Gasteiger partial charge in [0.05, 0.1) is 0 Å². The standard InChI is InChI=1S/C15H14ClF3N2O2S.C6H4O/c16-14-3-1-12(2-4-14)9-21(10-13-5-7-20-8-6-13)24(22,23)11-15(17,18)19;1-2-4-6-5(3-1)7-6/h1-8H,9-11H2;1-4H. The molecule has 0 saturated heterocycles. The summed E-state index contributed by atoms with van der Waals surface area (Å²) in [4.78, 5) is 3.81.